The molecule has 0 aromatic carbocycles. The van der Waals surface area contributed by atoms with Crippen LogP contribution >= 0.6 is 0 Å². The van der Waals surface area contributed by atoms with Gasteiger partial charge in [0.2, 0.25) is 0 Å². The standard InChI is InChI=1S/C14H23N3O/c1-9(2)8-17-11(14(3,4)5)7-6-10(12(15)16)13(17)18/h6-7,9H,8H2,1-5H3,(H3,15,16). The van der Waals surface area contributed by atoms with Gasteiger partial charge >= 0.3 is 0 Å². The number of hydrogen-bond donors (Lipinski definition) is 2. The van der Waals surface area contributed by atoms with Crippen LogP contribution in [0.1, 0.15) is 45.9 Å². The Labute approximate surface area is 108 Å². The molecule has 0 fully saturated rings. The van der Waals surface area contributed by atoms with E-state index in [9.17, 15) is 4.79 Å². The summed E-state index contributed by atoms with van der Waals surface area (Å²) in [6.45, 7) is 11.0. The summed E-state index contributed by atoms with van der Waals surface area (Å²) < 4.78 is 1.75. The maximum atomic E-state index is 12.4. The molecule has 4 nitrogen and oxygen atoms in total. The van der Waals surface area contributed by atoms with E-state index in [1.165, 1.54) is 0 Å². The summed E-state index contributed by atoms with van der Waals surface area (Å²) in [5.41, 5.74) is 6.43. The first-order chi connectivity index (χ1) is 8.14. The van der Waals surface area contributed by atoms with E-state index in [1.807, 2.05) is 6.07 Å². The molecule has 0 atom stereocenters. The first-order valence-electron chi connectivity index (χ1n) is 6.23. The largest absolute Gasteiger partial charge is 0.384 e. The van der Waals surface area contributed by atoms with Gasteiger partial charge in [0.05, 0.1) is 5.56 Å². The zero-order chi connectivity index (χ0) is 14.1. The lowest BCUT2D eigenvalue weighted by Crippen LogP contribution is -2.35. The highest BCUT2D eigenvalue weighted by molar-refractivity contribution is 5.94. The molecular weight excluding hydrogens is 226 g/mol. The lowest BCUT2D eigenvalue weighted by Gasteiger charge is -2.25. The number of aromatic nitrogens is 1. The van der Waals surface area contributed by atoms with Gasteiger partial charge in [0, 0.05) is 17.7 Å². The van der Waals surface area contributed by atoms with Crippen molar-refractivity contribution in [3.63, 3.8) is 0 Å². The van der Waals surface area contributed by atoms with Crippen molar-refractivity contribution >= 4 is 5.84 Å². The summed E-state index contributed by atoms with van der Waals surface area (Å²) in [4.78, 5) is 12.4. The third-order valence-electron chi connectivity index (χ3n) is 2.78. The molecule has 0 aliphatic carbocycles. The molecule has 4 heteroatoms. The monoisotopic (exact) mass is 249 g/mol. The first-order valence-corrected chi connectivity index (χ1v) is 6.23. The van der Waals surface area contributed by atoms with Gasteiger partial charge in [-0.1, -0.05) is 34.6 Å². The molecule has 0 spiro atoms. The zero-order valence-electron chi connectivity index (χ0n) is 11.9. The molecule has 0 unspecified atom stereocenters. The van der Waals surface area contributed by atoms with Crippen LogP contribution in [-0.4, -0.2) is 10.4 Å². The van der Waals surface area contributed by atoms with Gasteiger partial charge in [-0.2, -0.15) is 0 Å². The number of rotatable bonds is 3. The molecule has 0 saturated heterocycles. The number of nitrogens with zero attached hydrogens (tertiary/aromatic N) is 1. The Balaban J connectivity index is 3.52. The minimum Gasteiger partial charge on any atom is -0.384 e. The van der Waals surface area contributed by atoms with Gasteiger partial charge in [-0.3, -0.25) is 10.2 Å². The molecule has 0 aliphatic heterocycles. The van der Waals surface area contributed by atoms with Gasteiger partial charge in [0.25, 0.3) is 5.56 Å². The number of nitrogens with two attached hydrogens (primary N) is 1. The summed E-state index contributed by atoms with van der Waals surface area (Å²) in [5, 5.41) is 7.45. The van der Waals surface area contributed by atoms with Crippen LogP contribution in [0.3, 0.4) is 0 Å². The van der Waals surface area contributed by atoms with Crippen molar-refractivity contribution in [1.29, 1.82) is 5.41 Å². The zero-order valence-corrected chi connectivity index (χ0v) is 11.9. The fraction of sp³-hybridized carbons (Fsp3) is 0.571. The van der Waals surface area contributed by atoms with Gasteiger partial charge in [0.1, 0.15) is 5.84 Å². The Morgan fingerprint density at radius 3 is 2.33 bits per heavy atom. The van der Waals surface area contributed by atoms with E-state index in [1.54, 1.807) is 10.6 Å². The molecule has 0 radical (unpaired) electrons. The van der Waals surface area contributed by atoms with E-state index >= 15 is 0 Å². The third-order valence-corrected chi connectivity index (χ3v) is 2.78. The Bertz CT molecular complexity index is 507. The molecule has 3 N–H and O–H groups in total. The maximum absolute atomic E-state index is 12.4. The normalized spacial score (nSPS) is 11.9. The fourth-order valence-electron chi connectivity index (χ4n) is 1.98. The van der Waals surface area contributed by atoms with Crippen LogP contribution in [0, 0.1) is 11.3 Å². The van der Waals surface area contributed by atoms with E-state index in [2.05, 4.69) is 34.6 Å². The van der Waals surface area contributed by atoms with E-state index < -0.39 is 0 Å². The van der Waals surface area contributed by atoms with E-state index in [-0.39, 0.29) is 22.4 Å². The Hall–Kier alpha value is -1.58. The van der Waals surface area contributed by atoms with Gasteiger partial charge in [-0.25, -0.2) is 0 Å². The number of hydrogen-bond acceptors (Lipinski definition) is 2. The molecule has 1 heterocycles. The molecular formula is C14H23N3O. The number of nitrogens with one attached hydrogen (secondary N) is 1. The smallest absolute Gasteiger partial charge is 0.261 e. The summed E-state index contributed by atoms with van der Waals surface area (Å²) in [5.74, 6) is 0.198. The average molecular weight is 249 g/mol. The Kier molecular flexibility index (Phi) is 3.99. The fourth-order valence-corrected chi connectivity index (χ4v) is 1.98. The second kappa shape index (κ2) is 4.96. The van der Waals surface area contributed by atoms with E-state index in [0.717, 1.165) is 5.69 Å². The molecule has 0 bridgehead atoms. The number of amidine groups is 1. The summed E-state index contributed by atoms with van der Waals surface area (Å²) in [7, 11) is 0. The second-order valence-electron chi connectivity index (χ2n) is 6.11. The van der Waals surface area contributed by atoms with Crippen LogP contribution in [0.25, 0.3) is 0 Å². The van der Waals surface area contributed by atoms with Gasteiger partial charge in [-0.15, -0.1) is 0 Å². The number of pyridine rings is 1. The predicted octanol–water partition coefficient (Wildman–Crippen LogP) is 2.09. The van der Waals surface area contributed by atoms with E-state index in [4.69, 9.17) is 11.1 Å². The molecule has 0 amide bonds. The molecule has 1 rings (SSSR count). The van der Waals surface area contributed by atoms with E-state index in [0.29, 0.717) is 12.5 Å². The molecule has 1 aromatic heterocycles. The van der Waals surface area contributed by atoms with Crippen molar-refractivity contribution in [3.8, 4) is 0 Å². The third kappa shape index (κ3) is 3.00. The van der Waals surface area contributed by atoms with Gasteiger partial charge in [0.15, 0.2) is 0 Å². The minimum absolute atomic E-state index is 0.108. The highest BCUT2D eigenvalue weighted by atomic mass is 16.1. The first kappa shape index (κ1) is 14.5. The molecule has 1 aromatic rings. The van der Waals surface area contributed by atoms with Crippen molar-refractivity contribution < 1.29 is 0 Å². The number of nitrogen functional groups attached to an aromatic ring is 1. The van der Waals surface area contributed by atoms with Crippen molar-refractivity contribution in [2.24, 2.45) is 11.7 Å². The predicted molar refractivity (Wildman–Crippen MR) is 75.3 cm³/mol. The second-order valence-corrected chi connectivity index (χ2v) is 6.11. The van der Waals surface area contributed by atoms with Crippen molar-refractivity contribution in [1.82, 2.24) is 4.57 Å². The minimum atomic E-state index is -0.169. The van der Waals surface area contributed by atoms with Gasteiger partial charge < -0.3 is 10.3 Å². The summed E-state index contributed by atoms with van der Waals surface area (Å²) in [6.07, 6.45) is 0. The van der Waals surface area contributed by atoms with Gasteiger partial charge in [-0.05, 0) is 18.1 Å². The van der Waals surface area contributed by atoms with Crippen LogP contribution in [0.2, 0.25) is 0 Å². The summed E-state index contributed by atoms with van der Waals surface area (Å²) >= 11 is 0. The van der Waals surface area contributed by atoms with Crippen LogP contribution in [0.4, 0.5) is 0 Å². The Morgan fingerprint density at radius 2 is 1.94 bits per heavy atom. The SMILES string of the molecule is CC(C)Cn1c(C(C)(C)C)ccc(C(=N)N)c1=O. The summed E-state index contributed by atoms with van der Waals surface area (Å²) in [6, 6.07) is 3.56. The lowest BCUT2D eigenvalue weighted by atomic mass is 9.90. The lowest BCUT2D eigenvalue weighted by molar-refractivity contribution is 0.447. The molecule has 0 saturated carbocycles. The topological polar surface area (TPSA) is 71.9 Å². The molecule has 18 heavy (non-hydrogen) atoms. The van der Waals surface area contributed by atoms with Crippen molar-refractivity contribution in [2.45, 2.75) is 46.6 Å². The van der Waals surface area contributed by atoms with Crippen molar-refractivity contribution in [3.05, 3.63) is 33.7 Å². The maximum Gasteiger partial charge on any atom is 0.261 e. The van der Waals surface area contributed by atoms with Crippen LogP contribution < -0.4 is 11.3 Å². The molecule has 100 valence electrons. The van der Waals surface area contributed by atoms with Crippen LogP contribution in [0.5, 0.6) is 0 Å². The van der Waals surface area contributed by atoms with Crippen LogP contribution in [0.15, 0.2) is 16.9 Å². The highest BCUT2D eigenvalue weighted by Gasteiger charge is 2.21. The Morgan fingerprint density at radius 1 is 1.39 bits per heavy atom. The van der Waals surface area contributed by atoms with Crippen LogP contribution in [-0.2, 0) is 12.0 Å². The van der Waals surface area contributed by atoms with Crippen molar-refractivity contribution in [2.75, 3.05) is 0 Å². The highest BCUT2D eigenvalue weighted by Crippen LogP contribution is 2.21. The average Bonchev–Trinajstić information content (AvgIpc) is 2.17. The molecule has 0 aliphatic rings. The quantitative estimate of drug-likeness (QED) is 0.636.